The summed E-state index contributed by atoms with van der Waals surface area (Å²) in [5.74, 6) is -1.17. The van der Waals surface area contributed by atoms with Gasteiger partial charge < -0.3 is 14.4 Å². The van der Waals surface area contributed by atoms with Crippen LogP contribution in [0.15, 0.2) is 24.3 Å². The topological polar surface area (TPSA) is 90.0 Å². The third kappa shape index (κ3) is 6.15. The van der Waals surface area contributed by atoms with Crippen molar-refractivity contribution in [1.82, 2.24) is 4.90 Å². The summed E-state index contributed by atoms with van der Waals surface area (Å²) in [5, 5.41) is 0. The summed E-state index contributed by atoms with van der Waals surface area (Å²) in [6.07, 6.45) is -0.830. The maximum absolute atomic E-state index is 12.6. The molecule has 156 valence electrons. The predicted molar refractivity (Wildman–Crippen MR) is 96.8 cm³/mol. The average molecular weight is 419 g/mol. The molecule has 0 spiro atoms. The van der Waals surface area contributed by atoms with Crippen LogP contribution in [0, 0.1) is 0 Å². The minimum atomic E-state index is -3.14. The Labute approximate surface area is 162 Å². The number of benzene rings is 1. The van der Waals surface area contributed by atoms with Gasteiger partial charge in [0.2, 0.25) is 0 Å². The van der Waals surface area contributed by atoms with E-state index in [0.717, 1.165) is 0 Å². The highest BCUT2D eigenvalue weighted by atomic mass is 32.2. The lowest BCUT2D eigenvalue weighted by atomic mass is 10.1. The third-order valence-corrected chi connectivity index (χ3v) is 6.18. The number of alkyl halides is 2. The van der Waals surface area contributed by atoms with Crippen molar-refractivity contribution in [2.75, 3.05) is 18.1 Å². The van der Waals surface area contributed by atoms with Crippen molar-refractivity contribution >= 4 is 21.7 Å². The van der Waals surface area contributed by atoms with Gasteiger partial charge in [0.1, 0.15) is 5.75 Å². The molecule has 0 radical (unpaired) electrons. The number of carbonyl (C=O) groups excluding carboxylic acids is 2. The van der Waals surface area contributed by atoms with Gasteiger partial charge in [0.25, 0.3) is 5.91 Å². The molecule has 28 heavy (non-hydrogen) atoms. The summed E-state index contributed by atoms with van der Waals surface area (Å²) in [6, 6.07) is 5.11. The van der Waals surface area contributed by atoms with E-state index >= 15 is 0 Å². The van der Waals surface area contributed by atoms with E-state index in [1.54, 1.807) is 6.92 Å². The Morgan fingerprint density at radius 2 is 1.89 bits per heavy atom. The van der Waals surface area contributed by atoms with Gasteiger partial charge in [-0.2, -0.15) is 8.78 Å². The van der Waals surface area contributed by atoms with E-state index in [1.165, 1.54) is 36.1 Å². The first-order valence-corrected chi connectivity index (χ1v) is 10.7. The fraction of sp³-hybridized carbons (Fsp3) is 0.556. The van der Waals surface area contributed by atoms with Crippen molar-refractivity contribution in [1.29, 1.82) is 0 Å². The van der Waals surface area contributed by atoms with Crippen molar-refractivity contribution < 1.29 is 36.3 Å². The largest absolute Gasteiger partial charge is 0.452 e. The molecule has 0 bridgehead atoms. The standard InChI is InChI=1S/C18H23F2NO6S/c1-3-21(14-8-9-28(24,25)11-14)17(23)12(2)26-16(22)10-13-4-6-15(7-5-13)27-18(19)20/h4-7,12,14,18H,3,8-11H2,1-2H3. The second kappa shape index (κ2) is 9.31. The number of esters is 1. The van der Waals surface area contributed by atoms with E-state index in [9.17, 15) is 26.8 Å². The van der Waals surface area contributed by atoms with Crippen LogP contribution in [-0.2, 0) is 30.6 Å². The smallest absolute Gasteiger partial charge is 0.387 e. The van der Waals surface area contributed by atoms with Crippen LogP contribution < -0.4 is 4.74 Å². The van der Waals surface area contributed by atoms with Crippen LogP contribution in [0.25, 0.3) is 0 Å². The normalized spacial score (nSPS) is 19.2. The molecule has 1 heterocycles. The molecule has 2 atom stereocenters. The van der Waals surface area contributed by atoms with Gasteiger partial charge in [-0.05, 0) is 38.0 Å². The number of likely N-dealkylation sites (N-methyl/N-ethyl adjacent to an activating group) is 1. The Morgan fingerprint density at radius 1 is 1.25 bits per heavy atom. The molecular formula is C18H23F2NO6S. The van der Waals surface area contributed by atoms with Crippen LogP contribution in [-0.4, -0.2) is 62.0 Å². The SMILES string of the molecule is CCN(C(=O)C(C)OC(=O)Cc1ccc(OC(F)F)cc1)C1CCS(=O)(=O)C1. The summed E-state index contributed by atoms with van der Waals surface area (Å²) in [7, 11) is -3.14. The van der Waals surface area contributed by atoms with Crippen LogP contribution in [0.3, 0.4) is 0 Å². The first-order chi connectivity index (χ1) is 13.1. The molecule has 0 N–H and O–H groups in total. The van der Waals surface area contributed by atoms with E-state index in [-0.39, 0.29) is 23.7 Å². The van der Waals surface area contributed by atoms with E-state index in [1.807, 2.05) is 0 Å². The first kappa shape index (κ1) is 22.1. The number of sulfone groups is 1. The Balaban J connectivity index is 1.90. The van der Waals surface area contributed by atoms with Crippen molar-refractivity contribution in [3.05, 3.63) is 29.8 Å². The van der Waals surface area contributed by atoms with E-state index < -0.39 is 40.5 Å². The fourth-order valence-corrected chi connectivity index (χ4v) is 4.82. The zero-order valence-electron chi connectivity index (χ0n) is 15.6. The Hall–Kier alpha value is -2.23. The van der Waals surface area contributed by atoms with E-state index in [4.69, 9.17) is 4.74 Å². The summed E-state index contributed by atoms with van der Waals surface area (Å²) in [5.41, 5.74) is 0.514. The molecule has 1 aromatic carbocycles. The molecule has 1 amide bonds. The molecule has 2 rings (SSSR count). The maximum atomic E-state index is 12.6. The van der Waals surface area contributed by atoms with Crippen molar-refractivity contribution in [3.63, 3.8) is 0 Å². The second-order valence-electron chi connectivity index (χ2n) is 6.51. The Morgan fingerprint density at radius 3 is 2.39 bits per heavy atom. The highest BCUT2D eigenvalue weighted by Gasteiger charge is 2.36. The number of hydrogen-bond acceptors (Lipinski definition) is 6. The van der Waals surface area contributed by atoms with Gasteiger partial charge in [-0.15, -0.1) is 0 Å². The minimum absolute atomic E-state index is 0.0271. The summed E-state index contributed by atoms with van der Waals surface area (Å²) >= 11 is 0. The number of carbonyl (C=O) groups is 2. The highest BCUT2D eigenvalue weighted by Crippen LogP contribution is 2.19. The molecule has 1 aliphatic heterocycles. The Kier molecular flexibility index (Phi) is 7.34. The van der Waals surface area contributed by atoms with Gasteiger partial charge in [0, 0.05) is 12.6 Å². The molecule has 10 heteroatoms. The molecule has 0 aromatic heterocycles. The van der Waals surface area contributed by atoms with Gasteiger partial charge >= 0.3 is 12.6 Å². The summed E-state index contributed by atoms with van der Waals surface area (Å²) < 4.78 is 57.0. The lowest BCUT2D eigenvalue weighted by Crippen LogP contribution is -2.46. The average Bonchev–Trinajstić information content (AvgIpc) is 2.96. The monoisotopic (exact) mass is 419 g/mol. The lowest BCUT2D eigenvalue weighted by molar-refractivity contribution is -0.159. The number of hydrogen-bond donors (Lipinski definition) is 0. The van der Waals surface area contributed by atoms with Crippen molar-refractivity contribution in [2.45, 2.75) is 45.4 Å². The number of amides is 1. The predicted octanol–water partition coefficient (Wildman–Crippen LogP) is 1.80. The van der Waals surface area contributed by atoms with Gasteiger partial charge in [-0.25, -0.2) is 8.42 Å². The molecule has 2 unspecified atom stereocenters. The van der Waals surface area contributed by atoms with Crippen LogP contribution in [0.5, 0.6) is 5.75 Å². The molecule has 1 fully saturated rings. The second-order valence-corrected chi connectivity index (χ2v) is 8.74. The van der Waals surface area contributed by atoms with Crippen molar-refractivity contribution in [3.8, 4) is 5.75 Å². The first-order valence-electron chi connectivity index (χ1n) is 8.85. The van der Waals surface area contributed by atoms with Gasteiger partial charge in [0.05, 0.1) is 17.9 Å². The van der Waals surface area contributed by atoms with Crippen LogP contribution in [0.4, 0.5) is 8.78 Å². The zero-order valence-corrected chi connectivity index (χ0v) is 16.5. The van der Waals surface area contributed by atoms with Gasteiger partial charge in [0.15, 0.2) is 15.9 Å². The van der Waals surface area contributed by atoms with E-state index in [2.05, 4.69) is 4.74 Å². The quantitative estimate of drug-likeness (QED) is 0.597. The summed E-state index contributed by atoms with van der Waals surface area (Å²) in [4.78, 5) is 26.1. The van der Waals surface area contributed by atoms with Crippen LogP contribution in [0.2, 0.25) is 0 Å². The molecule has 7 nitrogen and oxygen atoms in total. The fourth-order valence-electron chi connectivity index (χ4n) is 3.09. The lowest BCUT2D eigenvalue weighted by Gasteiger charge is -2.29. The maximum Gasteiger partial charge on any atom is 0.387 e. The van der Waals surface area contributed by atoms with Gasteiger partial charge in [-0.3, -0.25) is 9.59 Å². The molecule has 1 aliphatic rings. The molecule has 0 aliphatic carbocycles. The molecular weight excluding hydrogens is 396 g/mol. The Bertz CT molecular complexity index is 797. The molecule has 0 saturated carbocycles. The highest BCUT2D eigenvalue weighted by molar-refractivity contribution is 7.91. The molecule has 1 saturated heterocycles. The van der Waals surface area contributed by atoms with Crippen LogP contribution >= 0.6 is 0 Å². The number of halogens is 2. The van der Waals surface area contributed by atoms with Crippen molar-refractivity contribution in [2.24, 2.45) is 0 Å². The van der Waals surface area contributed by atoms with E-state index in [0.29, 0.717) is 18.5 Å². The summed E-state index contributed by atoms with van der Waals surface area (Å²) in [6.45, 7) is 0.554. The number of nitrogens with zero attached hydrogens (tertiary/aromatic N) is 1. The number of rotatable bonds is 8. The minimum Gasteiger partial charge on any atom is -0.452 e. The third-order valence-electron chi connectivity index (χ3n) is 4.43. The molecule has 1 aromatic rings. The zero-order chi connectivity index (χ0) is 20.9. The number of ether oxygens (including phenoxy) is 2. The van der Waals surface area contributed by atoms with Gasteiger partial charge in [-0.1, -0.05) is 12.1 Å². The van der Waals surface area contributed by atoms with Crippen LogP contribution in [0.1, 0.15) is 25.8 Å².